The lowest BCUT2D eigenvalue weighted by Crippen LogP contribution is -2.35. The second kappa shape index (κ2) is 6.11. The molecule has 21 heavy (non-hydrogen) atoms. The van der Waals surface area contributed by atoms with Crippen LogP contribution in [0, 0.1) is 0 Å². The summed E-state index contributed by atoms with van der Waals surface area (Å²) in [6, 6.07) is -0.269. The van der Waals surface area contributed by atoms with E-state index in [-0.39, 0.29) is 18.0 Å². The molecule has 1 atom stereocenters. The van der Waals surface area contributed by atoms with Crippen LogP contribution in [-0.4, -0.2) is 47.1 Å². The van der Waals surface area contributed by atoms with Crippen LogP contribution in [0.4, 0.5) is 0 Å². The van der Waals surface area contributed by atoms with Crippen LogP contribution < -0.4 is 0 Å². The number of hydrogen-bond acceptors (Lipinski definition) is 7. The van der Waals surface area contributed by atoms with Gasteiger partial charge in [0.05, 0.1) is 19.3 Å². The molecule has 116 valence electrons. The SMILES string of the molecule is CCOC(=O)c1cnc(CN(C)C2CC(C)(C)OC2=O)s1. The van der Waals surface area contributed by atoms with E-state index in [2.05, 4.69) is 4.98 Å². The van der Waals surface area contributed by atoms with E-state index in [4.69, 9.17) is 9.47 Å². The lowest BCUT2D eigenvalue weighted by Gasteiger charge is -2.20. The van der Waals surface area contributed by atoms with Crippen molar-refractivity contribution in [2.75, 3.05) is 13.7 Å². The standard InChI is InChI=1S/C14H20N2O4S/c1-5-19-13(18)10-7-15-11(21-10)8-16(4)9-6-14(2,3)20-12(9)17/h7,9H,5-6,8H2,1-4H3. The smallest absolute Gasteiger partial charge is 0.349 e. The van der Waals surface area contributed by atoms with Gasteiger partial charge in [0.15, 0.2) is 0 Å². The number of hydrogen-bond donors (Lipinski definition) is 0. The molecule has 0 saturated carbocycles. The maximum atomic E-state index is 11.9. The Morgan fingerprint density at radius 3 is 2.90 bits per heavy atom. The van der Waals surface area contributed by atoms with E-state index in [1.807, 2.05) is 25.8 Å². The van der Waals surface area contributed by atoms with E-state index < -0.39 is 5.60 Å². The van der Waals surface area contributed by atoms with Crippen molar-refractivity contribution < 1.29 is 19.1 Å². The van der Waals surface area contributed by atoms with E-state index in [0.29, 0.717) is 24.4 Å². The highest BCUT2D eigenvalue weighted by Gasteiger charge is 2.42. The number of cyclic esters (lactones) is 1. The fraction of sp³-hybridized carbons (Fsp3) is 0.643. The van der Waals surface area contributed by atoms with Crippen LogP contribution in [-0.2, 0) is 20.8 Å². The predicted octanol–water partition coefficient (Wildman–Crippen LogP) is 1.85. The van der Waals surface area contributed by atoms with Crippen molar-refractivity contribution in [3.05, 3.63) is 16.1 Å². The minimum Gasteiger partial charge on any atom is -0.462 e. The summed E-state index contributed by atoms with van der Waals surface area (Å²) >= 11 is 1.29. The number of esters is 2. The Morgan fingerprint density at radius 1 is 1.62 bits per heavy atom. The third kappa shape index (κ3) is 3.79. The topological polar surface area (TPSA) is 68.7 Å². The molecule has 1 aromatic heterocycles. The summed E-state index contributed by atoms with van der Waals surface area (Å²) in [4.78, 5) is 30.1. The van der Waals surface area contributed by atoms with Crippen molar-refractivity contribution in [2.45, 2.75) is 45.4 Å². The Bertz CT molecular complexity index is 541. The molecule has 0 aromatic carbocycles. The summed E-state index contributed by atoms with van der Waals surface area (Å²) < 4.78 is 10.3. The van der Waals surface area contributed by atoms with Crippen LogP contribution in [0.15, 0.2) is 6.20 Å². The van der Waals surface area contributed by atoms with Gasteiger partial charge >= 0.3 is 11.9 Å². The van der Waals surface area contributed by atoms with Gasteiger partial charge < -0.3 is 9.47 Å². The quantitative estimate of drug-likeness (QED) is 0.773. The number of thiazole rings is 1. The van der Waals surface area contributed by atoms with Gasteiger partial charge in [-0.1, -0.05) is 0 Å². The second-order valence-corrected chi connectivity index (χ2v) is 6.77. The molecule has 2 heterocycles. The van der Waals surface area contributed by atoms with Crippen molar-refractivity contribution in [2.24, 2.45) is 0 Å². The van der Waals surface area contributed by atoms with Crippen LogP contribution in [0.2, 0.25) is 0 Å². The third-order valence-electron chi connectivity index (χ3n) is 3.28. The van der Waals surface area contributed by atoms with E-state index in [9.17, 15) is 9.59 Å². The zero-order chi connectivity index (χ0) is 15.6. The van der Waals surface area contributed by atoms with Crippen molar-refractivity contribution in [1.29, 1.82) is 0 Å². The number of ether oxygens (including phenoxy) is 2. The third-order valence-corrected chi connectivity index (χ3v) is 4.24. The lowest BCUT2D eigenvalue weighted by atomic mass is 10.0. The zero-order valence-electron chi connectivity index (χ0n) is 12.7. The van der Waals surface area contributed by atoms with E-state index >= 15 is 0 Å². The van der Waals surface area contributed by atoms with Gasteiger partial charge in [-0.05, 0) is 27.8 Å². The fourth-order valence-corrected chi connectivity index (χ4v) is 3.15. The summed E-state index contributed by atoms with van der Waals surface area (Å²) in [5, 5.41) is 0.776. The minimum atomic E-state index is -0.422. The van der Waals surface area contributed by atoms with Gasteiger partial charge in [0.25, 0.3) is 0 Å². The molecule has 1 aromatic rings. The Kier molecular flexibility index (Phi) is 4.63. The molecule has 2 rings (SSSR count). The minimum absolute atomic E-state index is 0.204. The van der Waals surface area contributed by atoms with Gasteiger partial charge in [0.1, 0.15) is 21.5 Å². The molecule has 7 heteroatoms. The van der Waals surface area contributed by atoms with Crippen LogP contribution in [0.3, 0.4) is 0 Å². The van der Waals surface area contributed by atoms with E-state index in [1.54, 1.807) is 6.92 Å². The van der Waals surface area contributed by atoms with Crippen molar-refractivity contribution in [3.63, 3.8) is 0 Å². The zero-order valence-corrected chi connectivity index (χ0v) is 13.5. The monoisotopic (exact) mass is 312 g/mol. The molecule has 6 nitrogen and oxygen atoms in total. The summed E-state index contributed by atoms with van der Waals surface area (Å²) in [5.41, 5.74) is -0.422. The Morgan fingerprint density at radius 2 is 2.33 bits per heavy atom. The molecule has 0 amide bonds. The average Bonchev–Trinajstić information content (AvgIpc) is 2.94. The van der Waals surface area contributed by atoms with Crippen LogP contribution in [0.1, 0.15) is 41.9 Å². The van der Waals surface area contributed by atoms with Gasteiger partial charge in [-0.2, -0.15) is 0 Å². The molecular weight excluding hydrogens is 292 g/mol. The van der Waals surface area contributed by atoms with Crippen LogP contribution in [0.5, 0.6) is 0 Å². The maximum absolute atomic E-state index is 11.9. The van der Waals surface area contributed by atoms with Crippen molar-refractivity contribution in [1.82, 2.24) is 9.88 Å². The second-order valence-electron chi connectivity index (χ2n) is 5.65. The normalized spacial score (nSPS) is 20.6. The van der Waals surface area contributed by atoms with Gasteiger partial charge in [-0.15, -0.1) is 11.3 Å². The van der Waals surface area contributed by atoms with Crippen LogP contribution in [0.25, 0.3) is 0 Å². The van der Waals surface area contributed by atoms with E-state index in [0.717, 1.165) is 5.01 Å². The molecule has 0 spiro atoms. The highest BCUT2D eigenvalue weighted by molar-refractivity contribution is 7.13. The van der Waals surface area contributed by atoms with Crippen LogP contribution >= 0.6 is 11.3 Å². The van der Waals surface area contributed by atoms with E-state index in [1.165, 1.54) is 17.5 Å². The fourth-order valence-electron chi connectivity index (χ4n) is 2.27. The van der Waals surface area contributed by atoms with Gasteiger partial charge in [-0.3, -0.25) is 9.69 Å². The predicted molar refractivity (Wildman–Crippen MR) is 78.1 cm³/mol. The first-order valence-corrected chi connectivity index (χ1v) is 7.69. The maximum Gasteiger partial charge on any atom is 0.349 e. The number of nitrogens with zero attached hydrogens (tertiary/aromatic N) is 2. The molecule has 1 saturated heterocycles. The van der Waals surface area contributed by atoms with Gasteiger partial charge in [0.2, 0.25) is 0 Å². The summed E-state index contributed by atoms with van der Waals surface area (Å²) in [6.45, 7) is 6.41. The Labute approximate surface area is 128 Å². The highest BCUT2D eigenvalue weighted by atomic mass is 32.1. The first kappa shape index (κ1) is 15.9. The summed E-state index contributed by atoms with van der Waals surface area (Å²) in [5.74, 6) is -0.560. The Hall–Kier alpha value is -1.47. The molecular formula is C14H20N2O4S. The van der Waals surface area contributed by atoms with Gasteiger partial charge in [-0.25, -0.2) is 9.78 Å². The number of rotatable bonds is 5. The molecule has 0 N–H and O–H groups in total. The number of aromatic nitrogens is 1. The van der Waals surface area contributed by atoms with Crippen molar-refractivity contribution in [3.8, 4) is 0 Å². The molecule has 0 radical (unpaired) electrons. The molecule has 0 aliphatic carbocycles. The number of likely N-dealkylation sites (N-methyl/N-ethyl adjacent to an activating group) is 1. The molecule has 1 unspecified atom stereocenters. The molecule has 0 bridgehead atoms. The van der Waals surface area contributed by atoms with Gasteiger partial charge in [0, 0.05) is 6.42 Å². The molecule has 1 aliphatic heterocycles. The lowest BCUT2D eigenvalue weighted by molar-refractivity contribution is -0.149. The highest BCUT2D eigenvalue weighted by Crippen LogP contribution is 2.29. The number of carbonyl (C=O) groups excluding carboxylic acids is 2. The largest absolute Gasteiger partial charge is 0.462 e. The average molecular weight is 312 g/mol. The molecule has 1 fully saturated rings. The summed E-state index contributed by atoms with van der Waals surface area (Å²) in [6.07, 6.45) is 2.17. The first-order chi connectivity index (χ1) is 9.82. The Balaban J connectivity index is 1.99. The first-order valence-electron chi connectivity index (χ1n) is 6.87. The van der Waals surface area contributed by atoms with Crippen molar-refractivity contribution >= 4 is 23.3 Å². The number of carbonyl (C=O) groups is 2. The summed E-state index contributed by atoms with van der Waals surface area (Å²) in [7, 11) is 1.86. The molecule has 1 aliphatic rings.